The normalized spacial score (nSPS) is 11.4. The number of hydrogen-bond donors (Lipinski definition) is 1. The number of aromatic nitrogens is 1. The van der Waals surface area contributed by atoms with Crippen LogP contribution in [0.25, 0.3) is 11.3 Å². The second kappa shape index (κ2) is 5.32. The Morgan fingerprint density at radius 1 is 1.05 bits per heavy atom. The van der Waals surface area contributed by atoms with Crippen LogP contribution >= 0.6 is 11.3 Å². The molecule has 1 heterocycles. The molecule has 1 aromatic carbocycles. The van der Waals surface area contributed by atoms with Gasteiger partial charge in [0.25, 0.3) is 0 Å². The Morgan fingerprint density at radius 3 is 2.00 bits per heavy atom. The summed E-state index contributed by atoms with van der Waals surface area (Å²) in [4.78, 5) is 4.68. The van der Waals surface area contributed by atoms with E-state index in [-0.39, 0.29) is 5.41 Å². The first-order valence-corrected chi connectivity index (χ1v) is 7.17. The third-order valence-corrected chi connectivity index (χ3v) is 4.23. The fourth-order valence-corrected chi connectivity index (χ4v) is 2.72. The molecule has 0 amide bonds. The van der Waals surface area contributed by atoms with Gasteiger partial charge >= 0.3 is 0 Å². The van der Waals surface area contributed by atoms with Crippen LogP contribution in [0.15, 0.2) is 18.2 Å². The maximum Gasteiger partial charge on any atom is 0.123 e. The molecule has 108 valence electrons. The van der Waals surface area contributed by atoms with Gasteiger partial charge < -0.3 is 15.2 Å². The average Bonchev–Trinajstić information content (AvgIpc) is 2.80. The highest BCUT2D eigenvalue weighted by atomic mass is 32.1. The smallest absolute Gasteiger partial charge is 0.123 e. The molecule has 2 N–H and O–H groups in total. The summed E-state index contributed by atoms with van der Waals surface area (Å²) in [7, 11) is 3.26. The predicted octanol–water partition coefficient (Wildman–Crippen LogP) is 3.71. The summed E-state index contributed by atoms with van der Waals surface area (Å²) >= 11 is 1.53. The number of rotatable bonds is 3. The van der Waals surface area contributed by atoms with E-state index in [0.717, 1.165) is 27.8 Å². The zero-order valence-electron chi connectivity index (χ0n) is 12.5. The molecule has 0 bridgehead atoms. The lowest BCUT2D eigenvalue weighted by molar-refractivity contribution is 0.394. The summed E-state index contributed by atoms with van der Waals surface area (Å²) in [5, 5.41) is 1.73. The van der Waals surface area contributed by atoms with Gasteiger partial charge in [0.05, 0.1) is 14.2 Å². The van der Waals surface area contributed by atoms with Crippen LogP contribution in [0, 0.1) is 0 Å². The van der Waals surface area contributed by atoms with Crippen molar-refractivity contribution in [1.29, 1.82) is 0 Å². The number of anilines is 1. The van der Waals surface area contributed by atoms with Crippen LogP contribution in [0.1, 0.15) is 25.8 Å². The first kappa shape index (κ1) is 14.7. The maximum atomic E-state index is 6.13. The molecule has 0 saturated heterocycles. The number of thiazole rings is 1. The standard InChI is InChI=1S/C15H20N2O2S/c1-15(2,3)14-17-12(13(16)20-14)9-6-10(18-4)8-11(7-9)19-5/h6-8H,16H2,1-5H3. The average molecular weight is 292 g/mol. The van der Waals surface area contributed by atoms with Crippen LogP contribution in [0.5, 0.6) is 11.5 Å². The monoisotopic (exact) mass is 292 g/mol. The molecule has 0 aliphatic heterocycles. The third-order valence-electron chi connectivity index (χ3n) is 2.92. The van der Waals surface area contributed by atoms with Crippen molar-refractivity contribution in [3.63, 3.8) is 0 Å². The Kier molecular flexibility index (Phi) is 3.90. The number of benzene rings is 1. The summed E-state index contributed by atoms with van der Waals surface area (Å²) in [6, 6.07) is 5.66. The van der Waals surface area contributed by atoms with E-state index in [0.29, 0.717) is 5.00 Å². The van der Waals surface area contributed by atoms with E-state index in [9.17, 15) is 0 Å². The number of ether oxygens (including phenoxy) is 2. The fourth-order valence-electron chi connectivity index (χ4n) is 1.80. The van der Waals surface area contributed by atoms with E-state index < -0.39 is 0 Å². The van der Waals surface area contributed by atoms with Gasteiger partial charge in [-0.1, -0.05) is 20.8 Å². The molecule has 2 rings (SSSR count). The molecular formula is C15H20N2O2S. The maximum absolute atomic E-state index is 6.13. The van der Waals surface area contributed by atoms with Gasteiger partial charge in [-0.15, -0.1) is 11.3 Å². The van der Waals surface area contributed by atoms with Gasteiger partial charge in [-0.3, -0.25) is 0 Å². The molecule has 0 atom stereocenters. The molecule has 0 saturated carbocycles. The third kappa shape index (κ3) is 2.88. The predicted molar refractivity (Wildman–Crippen MR) is 83.8 cm³/mol. The fraction of sp³-hybridized carbons (Fsp3) is 0.400. The molecule has 0 radical (unpaired) electrons. The van der Waals surface area contributed by atoms with Gasteiger partial charge in [-0.05, 0) is 12.1 Å². The quantitative estimate of drug-likeness (QED) is 0.937. The number of nitrogens with two attached hydrogens (primary N) is 1. The number of nitrogens with zero attached hydrogens (tertiary/aromatic N) is 1. The Bertz CT molecular complexity index is 593. The van der Waals surface area contributed by atoms with Crippen molar-refractivity contribution in [2.24, 2.45) is 0 Å². The van der Waals surface area contributed by atoms with Gasteiger partial charge in [0.2, 0.25) is 0 Å². The highest BCUT2D eigenvalue weighted by Crippen LogP contribution is 2.38. The summed E-state index contributed by atoms with van der Waals surface area (Å²) < 4.78 is 10.6. The number of methoxy groups -OCH3 is 2. The van der Waals surface area contributed by atoms with E-state index in [1.807, 2.05) is 18.2 Å². The Hall–Kier alpha value is -1.75. The van der Waals surface area contributed by atoms with Gasteiger partial charge in [0.15, 0.2) is 0 Å². The van der Waals surface area contributed by atoms with Crippen molar-refractivity contribution >= 4 is 16.3 Å². The van der Waals surface area contributed by atoms with Gasteiger partial charge in [-0.25, -0.2) is 4.98 Å². The molecule has 0 fully saturated rings. The van der Waals surface area contributed by atoms with Gasteiger partial charge in [0.1, 0.15) is 27.2 Å². The zero-order chi connectivity index (χ0) is 14.9. The molecule has 20 heavy (non-hydrogen) atoms. The minimum atomic E-state index is -0.0139. The second-order valence-electron chi connectivity index (χ2n) is 5.58. The summed E-state index contributed by atoms with van der Waals surface area (Å²) in [6.45, 7) is 6.38. The molecule has 5 heteroatoms. The summed E-state index contributed by atoms with van der Waals surface area (Å²) in [5.41, 5.74) is 7.81. The first-order chi connectivity index (χ1) is 9.35. The van der Waals surface area contributed by atoms with E-state index in [1.54, 1.807) is 14.2 Å². The molecule has 0 spiro atoms. The highest BCUT2D eigenvalue weighted by Gasteiger charge is 2.21. The molecule has 0 aliphatic rings. The van der Waals surface area contributed by atoms with Crippen molar-refractivity contribution in [3.05, 3.63) is 23.2 Å². The molecule has 2 aromatic rings. The molecule has 0 unspecified atom stereocenters. The van der Waals surface area contributed by atoms with Gasteiger partial charge in [-0.2, -0.15) is 0 Å². The molecular weight excluding hydrogens is 272 g/mol. The van der Waals surface area contributed by atoms with Crippen molar-refractivity contribution in [3.8, 4) is 22.8 Å². The summed E-state index contributed by atoms with van der Waals surface area (Å²) in [5.74, 6) is 1.45. The van der Waals surface area contributed by atoms with E-state index in [4.69, 9.17) is 15.2 Å². The van der Waals surface area contributed by atoms with Crippen molar-refractivity contribution in [1.82, 2.24) is 4.98 Å². The Morgan fingerprint density at radius 2 is 1.60 bits per heavy atom. The Balaban J connectivity index is 2.53. The Labute approximate surface area is 123 Å². The van der Waals surface area contributed by atoms with Crippen LogP contribution in [0.3, 0.4) is 0 Å². The van der Waals surface area contributed by atoms with Crippen LogP contribution in [-0.2, 0) is 5.41 Å². The van der Waals surface area contributed by atoms with E-state index in [2.05, 4.69) is 25.8 Å². The lowest BCUT2D eigenvalue weighted by Crippen LogP contribution is -2.10. The highest BCUT2D eigenvalue weighted by molar-refractivity contribution is 7.16. The minimum Gasteiger partial charge on any atom is -0.497 e. The molecule has 1 aromatic heterocycles. The minimum absolute atomic E-state index is 0.0139. The van der Waals surface area contributed by atoms with Crippen LogP contribution in [0.2, 0.25) is 0 Å². The lowest BCUT2D eigenvalue weighted by atomic mass is 9.98. The number of hydrogen-bond acceptors (Lipinski definition) is 5. The molecule has 4 nitrogen and oxygen atoms in total. The number of nitrogen functional groups attached to an aromatic ring is 1. The van der Waals surface area contributed by atoms with Crippen molar-refractivity contribution in [2.45, 2.75) is 26.2 Å². The summed E-state index contributed by atoms with van der Waals surface area (Å²) in [6.07, 6.45) is 0. The second-order valence-corrected chi connectivity index (χ2v) is 6.61. The van der Waals surface area contributed by atoms with Crippen molar-refractivity contribution in [2.75, 3.05) is 20.0 Å². The molecule has 0 aliphatic carbocycles. The van der Waals surface area contributed by atoms with Crippen LogP contribution in [-0.4, -0.2) is 19.2 Å². The zero-order valence-corrected chi connectivity index (χ0v) is 13.3. The van der Waals surface area contributed by atoms with E-state index in [1.165, 1.54) is 11.3 Å². The van der Waals surface area contributed by atoms with Gasteiger partial charge in [0, 0.05) is 17.0 Å². The SMILES string of the molecule is COc1cc(OC)cc(-c2nc(C(C)(C)C)sc2N)c1. The van der Waals surface area contributed by atoms with Crippen LogP contribution in [0.4, 0.5) is 5.00 Å². The van der Waals surface area contributed by atoms with E-state index >= 15 is 0 Å². The lowest BCUT2D eigenvalue weighted by Gasteiger charge is -2.13. The topological polar surface area (TPSA) is 57.4 Å². The largest absolute Gasteiger partial charge is 0.497 e. The first-order valence-electron chi connectivity index (χ1n) is 6.35. The van der Waals surface area contributed by atoms with Crippen LogP contribution < -0.4 is 15.2 Å². The van der Waals surface area contributed by atoms with Crippen molar-refractivity contribution < 1.29 is 9.47 Å².